The lowest BCUT2D eigenvalue weighted by atomic mass is 9.75. The van der Waals surface area contributed by atoms with Gasteiger partial charge in [-0.3, -0.25) is 24.6 Å². The van der Waals surface area contributed by atoms with Gasteiger partial charge in [0.25, 0.3) is 0 Å². The molecule has 3 heterocycles. The lowest BCUT2D eigenvalue weighted by Crippen LogP contribution is -2.54. The van der Waals surface area contributed by atoms with E-state index in [1.165, 1.54) is 12.0 Å². The number of nitrogens with one attached hydrogen (secondary N) is 2. The van der Waals surface area contributed by atoms with Gasteiger partial charge in [-0.15, -0.1) is 0 Å². The normalized spacial score (nSPS) is 28.8. The summed E-state index contributed by atoms with van der Waals surface area (Å²) in [6.45, 7) is 5.44. The van der Waals surface area contributed by atoms with Gasteiger partial charge in [-0.25, -0.2) is 0 Å². The van der Waals surface area contributed by atoms with E-state index < -0.39 is 41.3 Å². The van der Waals surface area contributed by atoms with Gasteiger partial charge in [-0.1, -0.05) is 35.9 Å². The molecule has 3 amide bonds. The van der Waals surface area contributed by atoms with E-state index in [0.29, 0.717) is 22.6 Å². The number of anilines is 1. The maximum absolute atomic E-state index is 13.8. The van der Waals surface area contributed by atoms with Gasteiger partial charge in [-0.05, 0) is 32.4 Å². The highest BCUT2D eigenvalue weighted by Crippen LogP contribution is 2.54. The third-order valence-corrected chi connectivity index (χ3v) is 7.23. The van der Waals surface area contributed by atoms with Gasteiger partial charge in [0.15, 0.2) is 0 Å². The molecule has 5 atom stereocenters. The number of hydrogen-bond donors (Lipinski definition) is 3. The highest BCUT2D eigenvalue weighted by Gasteiger charge is 2.71. The van der Waals surface area contributed by atoms with Gasteiger partial charge in [0.05, 0.1) is 31.6 Å². The lowest BCUT2D eigenvalue weighted by molar-refractivity contribution is -0.143. The molecule has 5 rings (SSSR count). The van der Waals surface area contributed by atoms with Gasteiger partial charge < -0.3 is 15.2 Å². The Morgan fingerprint density at radius 2 is 1.88 bits per heavy atom. The van der Waals surface area contributed by atoms with Crippen molar-refractivity contribution in [3.63, 3.8) is 0 Å². The maximum Gasteiger partial charge on any atom is 0.250 e. The molecule has 2 fully saturated rings. The largest absolute Gasteiger partial charge is 0.496 e. The van der Waals surface area contributed by atoms with Crippen LogP contribution in [0.4, 0.5) is 5.69 Å². The van der Waals surface area contributed by atoms with Crippen LogP contribution in [0.3, 0.4) is 0 Å². The quantitative estimate of drug-likeness (QED) is 0.612. The van der Waals surface area contributed by atoms with E-state index in [1.807, 2.05) is 38.1 Å². The molecule has 3 aliphatic rings. The molecule has 1 spiro atoms. The number of amides is 3. The average molecular weight is 450 g/mol. The Hall–Kier alpha value is -3.23. The fraction of sp³-hybridized carbons (Fsp3) is 0.400. The molecule has 2 aromatic rings. The predicted octanol–water partition coefficient (Wildman–Crippen LogP) is 1.61. The molecule has 2 aromatic carbocycles. The molecule has 0 saturated carbocycles. The second kappa shape index (κ2) is 7.40. The van der Waals surface area contributed by atoms with Gasteiger partial charge in [0.2, 0.25) is 17.7 Å². The third-order valence-electron chi connectivity index (χ3n) is 7.23. The van der Waals surface area contributed by atoms with Crippen LogP contribution in [0.15, 0.2) is 36.4 Å². The number of carbonyl (C=O) groups excluding carboxylic acids is 3. The first kappa shape index (κ1) is 21.6. The topological polar surface area (TPSA) is 108 Å². The van der Waals surface area contributed by atoms with Crippen molar-refractivity contribution >= 4 is 23.4 Å². The minimum Gasteiger partial charge on any atom is -0.496 e. The molecule has 3 aliphatic heterocycles. The molecule has 172 valence electrons. The van der Waals surface area contributed by atoms with Crippen molar-refractivity contribution in [3.05, 3.63) is 58.7 Å². The van der Waals surface area contributed by atoms with Crippen molar-refractivity contribution in [1.82, 2.24) is 10.2 Å². The molecule has 0 bridgehead atoms. The number of aryl methyl sites for hydroxylation is 2. The molecule has 0 radical (unpaired) electrons. The Balaban J connectivity index is 1.63. The van der Waals surface area contributed by atoms with Crippen molar-refractivity contribution in [2.75, 3.05) is 12.4 Å². The third kappa shape index (κ3) is 2.87. The molecule has 8 heteroatoms. The first-order valence-corrected chi connectivity index (χ1v) is 11.1. The molecular weight excluding hydrogens is 422 g/mol. The Kier molecular flexibility index (Phi) is 4.84. The second-order valence-electron chi connectivity index (χ2n) is 9.26. The van der Waals surface area contributed by atoms with Crippen LogP contribution < -0.4 is 15.4 Å². The van der Waals surface area contributed by atoms with Crippen LogP contribution >= 0.6 is 0 Å². The van der Waals surface area contributed by atoms with Gasteiger partial charge in [0.1, 0.15) is 11.3 Å². The first-order chi connectivity index (χ1) is 15.7. The van der Waals surface area contributed by atoms with E-state index in [4.69, 9.17) is 4.74 Å². The fourth-order valence-electron chi connectivity index (χ4n) is 5.82. The summed E-state index contributed by atoms with van der Waals surface area (Å²) in [5.41, 5.74) is 2.43. The maximum atomic E-state index is 13.8. The molecule has 3 N–H and O–H groups in total. The minimum atomic E-state index is -1.42. The Morgan fingerprint density at radius 1 is 1.15 bits per heavy atom. The van der Waals surface area contributed by atoms with Crippen molar-refractivity contribution in [1.29, 1.82) is 0 Å². The first-order valence-electron chi connectivity index (χ1n) is 11.1. The number of imide groups is 1. The second-order valence-corrected chi connectivity index (χ2v) is 9.26. The van der Waals surface area contributed by atoms with Crippen LogP contribution in [-0.2, 0) is 26.5 Å². The van der Waals surface area contributed by atoms with Crippen molar-refractivity contribution in [2.45, 2.75) is 45.0 Å². The van der Waals surface area contributed by atoms with E-state index >= 15 is 0 Å². The van der Waals surface area contributed by atoms with E-state index in [2.05, 4.69) is 10.6 Å². The molecule has 0 aromatic heterocycles. The average Bonchev–Trinajstić information content (AvgIpc) is 3.36. The van der Waals surface area contributed by atoms with E-state index in [-0.39, 0.29) is 12.5 Å². The van der Waals surface area contributed by atoms with Gasteiger partial charge in [-0.2, -0.15) is 0 Å². The SMILES string of the molecule is COc1ccccc1CN1C(=O)[C@@H]2[C@H]([C@H](C)O)N[C@]3(C(=O)Nc4c(C)cc(C)cc43)[C@@H]2C1=O. The summed E-state index contributed by atoms with van der Waals surface area (Å²) in [7, 11) is 1.54. The number of aliphatic hydroxyl groups is 1. The summed E-state index contributed by atoms with van der Waals surface area (Å²) in [5, 5.41) is 16.7. The standard InChI is InChI=1S/C25H27N3O5/c1-12-9-13(2)20-16(10-12)25(24(32)26-20)19-18(21(27-25)14(3)29)22(30)28(23(19)31)11-15-7-5-6-8-17(15)33-4/h5-10,14,18-19,21,27,29H,11H2,1-4H3,(H,26,32)/t14-,18-,19-,21-,25-/m0/s1. The number of para-hydroxylation sites is 1. The smallest absolute Gasteiger partial charge is 0.250 e. The van der Waals surface area contributed by atoms with Crippen LogP contribution in [0.1, 0.15) is 29.2 Å². The Morgan fingerprint density at radius 3 is 2.58 bits per heavy atom. The molecule has 0 unspecified atom stereocenters. The van der Waals surface area contributed by atoms with Crippen molar-refractivity contribution in [3.8, 4) is 5.75 Å². The van der Waals surface area contributed by atoms with Crippen molar-refractivity contribution < 1.29 is 24.2 Å². The number of hydrogen-bond acceptors (Lipinski definition) is 6. The van der Waals surface area contributed by atoms with E-state index in [9.17, 15) is 19.5 Å². The van der Waals surface area contributed by atoms with E-state index in [0.717, 1.165) is 11.1 Å². The van der Waals surface area contributed by atoms with Crippen LogP contribution in [0.5, 0.6) is 5.75 Å². The number of methoxy groups -OCH3 is 1. The summed E-state index contributed by atoms with van der Waals surface area (Å²) >= 11 is 0. The number of rotatable bonds is 4. The number of aliphatic hydroxyl groups excluding tert-OH is 1. The number of benzene rings is 2. The monoisotopic (exact) mass is 449 g/mol. The minimum absolute atomic E-state index is 0.0403. The number of nitrogens with zero attached hydrogens (tertiary/aromatic N) is 1. The highest BCUT2D eigenvalue weighted by atomic mass is 16.5. The molecule has 0 aliphatic carbocycles. The Labute approximate surface area is 191 Å². The zero-order valence-corrected chi connectivity index (χ0v) is 19.0. The summed E-state index contributed by atoms with van der Waals surface area (Å²) < 4.78 is 5.40. The van der Waals surface area contributed by atoms with Crippen molar-refractivity contribution in [2.24, 2.45) is 11.8 Å². The molecule has 2 saturated heterocycles. The van der Waals surface area contributed by atoms with Crippen LogP contribution in [0.2, 0.25) is 0 Å². The van der Waals surface area contributed by atoms with E-state index in [1.54, 1.807) is 19.1 Å². The number of likely N-dealkylation sites (tertiary alicyclic amines) is 1. The summed E-state index contributed by atoms with van der Waals surface area (Å²) in [6, 6.07) is 10.3. The van der Waals surface area contributed by atoms with Crippen LogP contribution in [-0.4, -0.2) is 47.0 Å². The number of ether oxygens (including phenoxy) is 1. The molecular formula is C25H27N3O5. The summed E-state index contributed by atoms with van der Waals surface area (Å²) in [4.78, 5) is 42.1. The molecule has 33 heavy (non-hydrogen) atoms. The summed E-state index contributed by atoms with van der Waals surface area (Å²) in [5.74, 6) is -2.42. The lowest BCUT2D eigenvalue weighted by Gasteiger charge is -2.30. The summed E-state index contributed by atoms with van der Waals surface area (Å²) in [6.07, 6.45) is -0.942. The molecule has 8 nitrogen and oxygen atoms in total. The number of fused-ring (bicyclic) bond motifs is 4. The number of carbonyl (C=O) groups is 3. The van der Waals surface area contributed by atoms with Gasteiger partial charge >= 0.3 is 0 Å². The predicted molar refractivity (Wildman–Crippen MR) is 120 cm³/mol. The fourth-order valence-corrected chi connectivity index (χ4v) is 5.82. The van der Waals surface area contributed by atoms with Gasteiger partial charge in [0, 0.05) is 22.9 Å². The van der Waals surface area contributed by atoms with Crippen LogP contribution in [0.25, 0.3) is 0 Å². The zero-order valence-electron chi connectivity index (χ0n) is 19.0. The Bertz CT molecular complexity index is 1190. The highest BCUT2D eigenvalue weighted by molar-refractivity contribution is 6.15. The zero-order chi connectivity index (χ0) is 23.7. The van der Waals surface area contributed by atoms with Crippen LogP contribution in [0, 0.1) is 25.7 Å².